The summed E-state index contributed by atoms with van der Waals surface area (Å²) in [5, 5.41) is 4.25. The van der Waals surface area contributed by atoms with Gasteiger partial charge >= 0.3 is 0 Å². The molecular formula is C22H31N3O. The summed E-state index contributed by atoms with van der Waals surface area (Å²) >= 11 is 0. The second-order valence-electron chi connectivity index (χ2n) is 8.45. The second-order valence-corrected chi connectivity index (χ2v) is 8.45. The molecule has 26 heavy (non-hydrogen) atoms. The Kier molecular flexibility index (Phi) is 5.92. The van der Waals surface area contributed by atoms with Crippen molar-refractivity contribution in [1.82, 2.24) is 14.7 Å². The summed E-state index contributed by atoms with van der Waals surface area (Å²) in [4.78, 5) is 15.4. The number of carbonyl (C=O) groups excluding carboxylic acids is 1. The van der Waals surface area contributed by atoms with Crippen molar-refractivity contribution in [2.24, 2.45) is 5.92 Å². The van der Waals surface area contributed by atoms with Crippen LogP contribution in [0.25, 0.3) is 0 Å². The molecule has 1 aromatic heterocycles. The zero-order valence-corrected chi connectivity index (χ0v) is 16.3. The van der Waals surface area contributed by atoms with Crippen LogP contribution in [0, 0.1) is 5.92 Å². The molecule has 140 valence electrons. The molecule has 1 aliphatic heterocycles. The van der Waals surface area contributed by atoms with Crippen molar-refractivity contribution in [2.75, 3.05) is 19.6 Å². The van der Waals surface area contributed by atoms with Crippen LogP contribution in [0.1, 0.15) is 56.0 Å². The number of piperidine rings is 1. The molecule has 1 saturated heterocycles. The van der Waals surface area contributed by atoms with Crippen LogP contribution in [-0.4, -0.2) is 40.1 Å². The van der Waals surface area contributed by atoms with E-state index in [0.29, 0.717) is 5.78 Å². The molecule has 2 aromatic rings. The first kappa shape index (κ1) is 18.8. The van der Waals surface area contributed by atoms with E-state index in [1.807, 2.05) is 35.3 Å². The van der Waals surface area contributed by atoms with Gasteiger partial charge in [0.05, 0.1) is 0 Å². The SMILES string of the molecule is CC(C)(C)c1ccc(C(=O)C2CCCN(CCCn3cccn3)C2)cc1. The second kappa shape index (κ2) is 8.17. The first-order chi connectivity index (χ1) is 12.4. The standard InChI is InChI=1S/C22H31N3O/c1-22(2,3)20-10-8-18(9-11-20)21(26)19-7-4-13-24(17-19)14-6-16-25-15-5-12-23-25/h5,8-12,15,19H,4,6-7,13-14,16-17H2,1-3H3. The maximum atomic E-state index is 12.9. The maximum Gasteiger partial charge on any atom is 0.167 e. The van der Waals surface area contributed by atoms with Crippen LogP contribution < -0.4 is 0 Å². The third-order valence-corrected chi connectivity index (χ3v) is 5.33. The fourth-order valence-corrected chi connectivity index (χ4v) is 3.73. The van der Waals surface area contributed by atoms with Gasteiger partial charge in [-0.3, -0.25) is 9.48 Å². The van der Waals surface area contributed by atoms with Gasteiger partial charge in [-0.05, 0) is 49.4 Å². The van der Waals surface area contributed by atoms with Crippen LogP contribution in [0.15, 0.2) is 42.7 Å². The highest BCUT2D eigenvalue weighted by atomic mass is 16.1. The molecule has 3 rings (SSSR count). The quantitative estimate of drug-likeness (QED) is 0.732. The Bertz CT molecular complexity index is 698. The third kappa shape index (κ3) is 4.82. The zero-order chi connectivity index (χ0) is 18.6. The summed E-state index contributed by atoms with van der Waals surface area (Å²) < 4.78 is 1.98. The number of carbonyl (C=O) groups is 1. The number of nitrogens with zero attached hydrogens (tertiary/aromatic N) is 3. The number of aromatic nitrogens is 2. The summed E-state index contributed by atoms with van der Waals surface area (Å²) in [6, 6.07) is 10.2. The molecule has 1 fully saturated rings. The number of Topliss-reactive ketones (excluding diaryl/α,β-unsaturated/α-hetero) is 1. The Morgan fingerprint density at radius 1 is 1.19 bits per heavy atom. The van der Waals surface area contributed by atoms with Crippen LogP contribution in [0.3, 0.4) is 0 Å². The topological polar surface area (TPSA) is 38.1 Å². The van der Waals surface area contributed by atoms with Crippen molar-refractivity contribution in [1.29, 1.82) is 0 Å². The van der Waals surface area contributed by atoms with E-state index in [4.69, 9.17) is 0 Å². The number of likely N-dealkylation sites (tertiary alicyclic amines) is 1. The largest absolute Gasteiger partial charge is 0.303 e. The minimum atomic E-state index is 0.123. The summed E-state index contributed by atoms with van der Waals surface area (Å²) in [5.74, 6) is 0.441. The summed E-state index contributed by atoms with van der Waals surface area (Å²) in [5.41, 5.74) is 2.26. The molecule has 2 heterocycles. The molecule has 0 saturated carbocycles. The third-order valence-electron chi connectivity index (χ3n) is 5.33. The summed E-state index contributed by atoms with van der Waals surface area (Å²) in [6.45, 7) is 10.6. The van der Waals surface area contributed by atoms with E-state index in [0.717, 1.165) is 51.0 Å². The van der Waals surface area contributed by atoms with Crippen LogP contribution in [0.5, 0.6) is 0 Å². The number of ketones is 1. The van der Waals surface area contributed by atoms with Gasteiger partial charge in [0.15, 0.2) is 5.78 Å². The van der Waals surface area contributed by atoms with E-state index in [2.05, 4.69) is 42.9 Å². The van der Waals surface area contributed by atoms with E-state index in [1.54, 1.807) is 0 Å². The van der Waals surface area contributed by atoms with Crippen LogP contribution in [0.2, 0.25) is 0 Å². The highest BCUT2D eigenvalue weighted by Gasteiger charge is 2.26. The lowest BCUT2D eigenvalue weighted by Gasteiger charge is -2.32. The van der Waals surface area contributed by atoms with Crippen molar-refractivity contribution in [3.63, 3.8) is 0 Å². The molecular weight excluding hydrogens is 322 g/mol. The van der Waals surface area contributed by atoms with Gasteiger partial charge in [-0.2, -0.15) is 5.10 Å². The molecule has 0 aliphatic carbocycles. The Morgan fingerprint density at radius 2 is 1.96 bits per heavy atom. The average molecular weight is 354 g/mol. The van der Waals surface area contributed by atoms with E-state index >= 15 is 0 Å². The number of benzene rings is 1. The lowest BCUT2D eigenvalue weighted by Crippen LogP contribution is -2.39. The van der Waals surface area contributed by atoms with Gasteiger partial charge in [-0.1, -0.05) is 45.0 Å². The fourth-order valence-electron chi connectivity index (χ4n) is 3.73. The molecule has 0 amide bonds. The van der Waals surface area contributed by atoms with Crippen LogP contribution in [-0.2, 0) is 12.0 Å². The fraction of sp³-hybridized carbons (Fsp3) is 0.545. The molecule has 4 heteroatoms. The molecule has 0 bridgehead atoms. The molecule has 4 nitrogen and oxygen atoms in total. The van der Waals surface area contributed by atoms with Gasteiger partial charge in [0.25, 0.3) is 0 Å². The van der Waals surface area contributed by atoms with Gasteiger partial charge in [-0.25, -0.2) is 0 Å². The Labute approximate surface area is 157 Å². The average Bonchev–Trinajstić information content (AvgIpc) is 3.14. The predicted octanol–water partition coefficient (Wildman–Crippen LogP) is 4.17. The normalized spacial score (nSPS) is 18.8. The minimum Gasteiger partial charge on any atom is -0.303 e. The van der Waals surface area contributed by atoms with E-state index < -0.39 is 0 Å². The predicted molar refractivity (Wildman–Crippen MR) is 105 cm³/mol. The van der Waals surface area contributed by atoms with Crippen molar-refractivity contribution in [3.05, 3.63) is 53.9 Å². The molecule has 1 aromatic carbocycles. The molecule has 1 unspecified atom stereocenters. The highest BCUT2D eigenvalue weighted by molar-refractivity contribution is 5.98. The van der Waals surface area contributed by atoms with E-state index in [9.17, 15) is 4.79 Å². The van der Waals surface area contributed by atoms with Gasteiger partial charge in [0, 0.05) is 37.0 Å². The number of aryl methyl sites for hydroxylation is 1. The summed E-state index contributed by atoms with van der Waals surface area (Å²) in [6.07, 6.45) is 7.01. The molecule has 1 atom stereocenters. The zero-order valence-electron chi connectivity index (χ0n) is 16.3. The summed E-state index contributed by atoms with van der Waals surface area (Å²) in [7, 11) is 0. The molecule has 0 spiro atoms. The van der Waals surface area contributed by atoms with Gasteiger partial charge in [-0.15, -0.1) is 0 Å². The van der Waals surface area contributed by atoms with Crippen molar-refractivity contribution < 1.29 is 4.79 Å². The van der Waals surface area contributed by atoms with Crippen LogP contribution >= 0.6 is 0 Å². The minimum absolute atomic E-state index is 0.123. The molecule has 0 radical (unpaired) electrons. The van der Waals surface area contributed by atoms with Crippen molar-refractivity contribution in [3.8, 4) is 0 Å². The lowest BCUT2D eigenvalue weighted by atomic mass is 9.85. The maximum absolute atomic E-state index is 12.9. The first-order valence-electron chi connectivity index (χ1n) is 9.78. The van der Waals surface area contributed by atoms with Crippen LogP contribution in [0.4, 0.5) is 0 Å². The first-order valence-corrected chi connectivity index (χ1v) is 9.78. The smallest absolute Gasteiger partial charge is 0.167 e. The molecule has 0 N–H and O–H groups in total. The van der Waals surface area contributed by atoms with Crippen molar-refractivity contribution >= 4 is 5.78 Å². The van der Waals surface area contributed by atoms with Gasteiger partial charge in [0.1, 0.15) is 0 Å². The monoisotopic (exact) mass is 353 g/mol. The van der Waals surface area contributed by atoms with Crippen molar-refractivity contribution in [2.45, 2.75) is 52.0 Å². The van der Waals surface area contributed by atoms with Gasteiger partial charge < -0.3 is 4.90 Å². The molecule has 1 aliphatic rings. The lowest BCUT2D eigenvalue weighted by molar-refractivity contribution is 0.0817. The highest BCUT2D eigenvalue weighted by Crippen LogP contribution is 2.25. The Balaban J connectivity index is 1.54. The van der Waals surface area contributed by atoms with Gasteiger partial charge in [0.2, 0.25) is 0 Å². The Morgan fingerprint density at radius 3 is 2.62 bits per heavy atom. The number of rotatable bonds is 6. The van der Waals surface area contributed by atoms with E-state index in [1.165, 1.54) is 5.56 Å². The van der Waals surface area contributed by atoms with E-state index in [-0.39, 0.29) is 11.3 Å². The number of hydrogen-bond acceptors (Lipinski definition) is 3. The Hall–Kier alpha value is -1.94. The number of hydrogen-bond donors (Lipinski definition) is 0.